The smallest absolute Gasteiger partial charge is 0.303 e. The van der Waals surface area contributed by atoms with E-state index in [0.29, 0.717) is 49.1 Å². The highest BCUT2D eigenvalue weighted by molar-refractivity contribution is 6.32. The molecule has 0 bridgehead atoms. The van der Waals surface area contributed by atoms with Gasteiger partial charge in [0.15, 0.2) is 0 Å². The van der Waals surface area contributed by atoms with E-state index in [1.807, 2.05) is 23.1 Å². The lowest BCUT2D eigenvalue weighted by atomic mass is 9.93. The Morgan fingerprint density at radius 3 is 2.83 bits per heavy atom. The molecular weight excluding hydrogens is 330 g/mol. The molecule has 1 aliphatic rings. The van der Waals surface area contributed by atoms with Gasteiger partial charge in [0, 0.05) is 25.9 Å². The van der Waals surface area contributed by atoms with Crippen molar-refractivity contribution in [2.75, 3.05) is 19.7 Å². The van der Waals surface area contributed by atoms with E-state index in [1.165, 1.54) is 0 Å². The number of para-hydroxylation sites is 1. The fourth-order valence-electron chi connectivity index (χ4n) is 2.98. The number of amides is 1. The average molecular weight is 354 g/mol. The van der Waals surface area contributed by atoms with Crippen molar-refractivity contribution in [2.45, 2.75) is 38.5 Å². The van der Waals surface area contributed by atoms with Gasteiger partial charge in [-0.05, 0) is 43.7 Å². The molecule has 0 unspecified atom stereocenters. The Kier molecular flexibility index (Phi) is 7.37. The van der Waals surface area contributed by atoms with Crippen molar-refractivity contribution in [3.05, 3.63) is 29.3 Å². The number of nitrogens with zero attached hydrogens (tertiary/aromatic N) is 1. The number of benzene rings is 1. The summed E-state index contributed by atoms with van der Waals surface area (Å²) in [5.74, 6) is 0.296. The lowest BCUT2D eigenvalue weighted by Gasteiger charge is -2.32. The van der Waals surface area contributed by atoms with Crippen LogP contribution in [0.1, 0.15) is 38.5 Å². The first-order valence-electron chi connectivity index (χ1n) is 8.43. The van der Waals surface area contributed by atoms with Crippen LogP contribution in [-0.4, -0.2) is 41.6 Å². The van der Waals surface area contributed by atoms with Crippen LogP contribution in [0.2, 0.25) is 5.02 Å². The summed E-state index contributed by atoms with van der Waals surface area (Å²) >= 11 is 6.01. The summed E-state index contributed by atoms with van der Waals surface area (Å²) in [5, 5.41) is 9.34. The van der Waals surface area contributed by atoms with Gasteiger partial charge >= 0.3 is 5.97 Å². The second kappa shape index (κ2) is 9.52. The van der Waals surface area contributed by atoms with Gasteiger partial charge < -0.3 is 14.7 Å². The summed E-state index contributed by atoms with van der Waals surface area (Å²) in [4.78, 5) is 24.8. The van der Waals surface area contributed by atoms with E-state index in [2.05, 4.69) is 0 Å². The van der Waals surface area contributed by atoms with Crippen LogP contribution >= 0.6 is 11.6 Å². The molecule has 6 heteroatoms. The number of likely N-dealkylation sites (tertiary alicyclic amines) is 1. The molecule has 5 nitrogen and oxygen atoms in total. The van der Waals surface area contributed by atoms with Crippen molar-refractivity contribution in [2.24, 2.45) is 5.92 Å². The lowest BCUT2D eigenvalue weighted by Crippen LogP contribution is -2.40. The first kappa shape index (κ1) is 18.6. The fourth-order valence-corrected chi connectivity index (χ4v) is 3.17. The van der Waals surface area contributed by atoms with Crippen molar-refractivity contribution in [1.82, 2.24) is 4.90 Å². The highest BCUT2D eigenvalue weighted by atomic mass is 35.5. The minimum absolute atomic E-state index is 0.123. The third-order valence-electron chi connectivity index (χ3n) is 4.27. The molecule has 2 rings (SSSR count). The number of carboxylic acid groups (broad SMARTS) is 1. The number of halogens is 1. The highest BCUT2D eigenvalue weighted by Gasteiger charge is 2.23. The van der Waals surface area contributed by atoms with Gasteiger partial charge in [-0.1, -0.05) is 23.7 Å². The summed E-state index contributed by atoms with van der Waals surface area (Å²) in [7, 11) is 0. The first-order chi connectivity index (χ1) is 11.6. The van der Waals surface area contributed by atoms with Crippen LogP contribution < -0.4 is 4.74 Å². The molecule has 132 valence electrons. The van der Waals surface area contributed by atoms with Crippen LogP contribution in [-0.2, 0) is 9.59 Å². The monoisotopic (exact) mass is 353 g/mol. The van der Waals surface area contributed by atoms with E-state index in [9.17, 15) is 9.59 Å². The average Bonchev–Trinajstić information content (AvgIpc) is 2.58. The Morgan fingerprint density at radius 2 is 2.08 bits per heavy atom. The Hall–Kier alpha value is -1.75. The Morgan fingerprint density at radius 1 is 1.29 bits per heavy atom. The Labute approximate surface area is 147 Å². The summed E-state index contributed by atoms with van der Waals surface area (Å²) < 4.78 is 5.59. The first-order valence-corrected chi connectivity index (χ1v) is 8.81. The van der Waals surface area contributed by atoms with E-state index in [1.54, 1.807) is 6.07 Å². The Bertz CT molecular complexity index is 564. The molecule has 1 aromatic carbocycles. The number of carboxylic acids is 1. The zero-order valence-electron chi connectivity index (χ0n) is 13.7. The van der Waals surface area contributed by atoms with Crippen LogP contribution in [0, 0.1) is 5.92 Å². The van der Waals surface area contributed by atoms with Crippen LogP contribution in [0.3, 0.4) is 0 Å². The summed E-state index contributed by atoms with van der Waals surface area (Å²) in [6.07, 6.45) is 3.86. The molecule has 0 aromatic heterocycles. The fraction of sp³-hybridized carbons (Fsp3) is 0.556. The highest BCUT2D eigenvalue weighted by Crippen LogP contribution is 2.24. The van der Waals surface area contributed by atoms with Gasteiger partial charge in [0.2, 0.25) is 5.91 Å². The third-order valence-corrected chi connectivity index (χ3v) is 4.58. The molecule has 1 aromatic rings. The van der Waals surface area contributed by atoms with Gasteiger partial charge in [-0.25, -0.2) is 0 Å². The zero-order valence-corrected chi connectivity index (χ0v) is 14.5. The van der Waals surface area contributed by atoms with E-state index in [4.69, 9.17) is 21.4 Å². The molecule has 1 fully saturated rings. The molecule has 0 saturated carbocycles. The van der Waals surface area contributed by atoms with Gasteiger partial charge in [0.1, 0.15) is 5.75 Å². The molecule has 0 spiro atoms. The van der Waals surface area contributed by atoms with Crippen LogP contribution in [0.4, 0.5) is 0 Å². The van der Waals surface area contributed by atoms with Crippen LogP contribution in [0.15, 0.2) is 24.3 Å². The largest absolute Gasteiger partial charge is 0.492 e. The zero-order chi connectivity index (χ0) is 17.4. The van der Waals surface area contributed by atoms with E-state index in [-0.39, 0.29) is 12.3 Å². The number of ether oxygens (including phenoxy) is 1. The number of rotatable bonds is 8. The molecule has 1 saturated heterocycles. The maximum atomic E-state index is 12.3. The van der Waals surface area contributed by atoms with Crippen LogP contribution in [0.5, 0.6) is 5.75 Å². The SMILES string of the molecule is O=C(O)CC[C@H]1CCCN(C(=O)CCCOc2ccccc2Cl)C1. The van der Waals surface area contributed by atoms with Gasteiger partial charge in [-0.3, -0.25) is 9.59 Å². The molecule has 0 radical (unpaired) electrons. The molecular formula is C18H24ClNO4. The standard InChI is InChI=1S/C18H24ClNO4/c19-15-6-1-2-7-16(15)24-12-4-8-17(21)20-11-3-5-14(13-20)9-10-18(22)23/h1-2,6-7,14H,3-5,8-13H2,(H,22,23)/t14-/m1/s1. The van der Waals surface area contributed by atoms with Gasteiger partial charge in [0.25, 0.3) is 0 Å². The van der Waals surface area contributed by atoms with Crippen molar-refractivity contribution in [3.63, 3.8) is 0 Å². The van der Waals surface area contributed by atoms with Crippen molar-refractivity contribution in [3.8, 4) is 5.75 Å². The van der Waals surface area contributed by atoms with Crippen molar-refractivity contribution in [1.29, 1.82) is 0 Å². The number of carbonyl (C=O) groups excluding carboxylic acids is 1. The number of aliphatic carboxylic acids is 1. The summed E-state index contributed by atoms with van der Waals surface area (Å²) in [5.41, 5.74) is 0. The van der Waals surface area contributed by atoms with Gasteiger partial charge in [-0.15, -0.1) is 0 Å². The second-order valence-corrected chi connectivity index (χ2v) is 6.57. The van der Waals surface area contributed by atoms with Crippen molar-refractivity contribution < 1.29 is 19.4 Å². The van der Waals surface area contributed by atoms with Crippen LogP contribution in [0.25, 0.3) is 0 Å². The van der Waals surface area contributed by atoms with Crippen molar-refractivity contribution >= 4 is 23.5 Å². The predicted octanol–water partition coefficient (Wildman–Crippen LogP) is 3.60. The summed E-state index contributed by atoms with van der Waals surface area (Å²) in [6, 6.07) is 7.28. The van der Waals surface area contributed by atoms with E-state index in [0.717, 1.165) is 19.4 Å². The predicted molar refractivity (Wildman–Crippen MR) is 92.4 cm³/mol. The Balaban J connectivity index is 1.68. The molecule has 0 aliphatic carbocycles. The van der Waals surface area contributed by atoms with Gasteiger partial charge in [0.05, 0.1) is 11.6 Å². The molecule has 1 N–H and O–H groups in total. The summed E-state index contributed by atoms with van der Waals surface area (Å²) in [6.45, 7) is 1.90. The molecule has 1 aliphatic heterocycles. The normalized spacial score (nSPS) is 17.5. The topological polar surface area (TPSA) is 66.8 Å². The molecule has 1 heterocycles. The van der Waals surface area contributed by atoms with E-state index < -0.39 is 5.97 Å². The number of carbonyl (C=O) groups is 2. The lowest BCUT2D eigenvalue weighted by molar-refractivity contribution is -0.137. The minimum atomic E-state index is -0.768. The molecule has 1 atom stereocenters. The quantitative estimate of drug-likeness (QED) is 0.725. The maximum Gasteiger partial charge on any atom is 0.303 e. The number of hydrogen-bond acceptors (Lipinski definition) is 3. The number of hydrogen-bond donors (Lipinski definition) is 1. The number of piperidine rings is 1. The molecule has 1 amide bonds. The van der Waals surface area contributed by atoms with Gasteiger partial charge in [-0.2, -0.15) is 0 Å². The third kappa shape index (κ3) is 6.04. The molecule has 24 heavy (non-hydrogen) atoms. The maximum absolute atomic E-state index is 12.3. The minimum Gasteiger partial charge on any atom is -0.492 e. The van der Waals surface area contributed by atoms with E-state index >= 15 is 0 Å². The second-order valence-electron chi connectivity index (χ2n) is 6.16.